The highest BCUT2D eigenvalue weighted by Gasteiger charge is 2.42. The Kier molecular flexibility index (Phi) is 4.70. The van der Waals surface area contributed by atoms with Gasteiger partial charge in [0.25, 0.3) is 5.91 Å². The molecule has 0 bridgehead atoms. The van der Waals surface area contributed by atoms with Gasteiger partial charge in [-0.15, -0.1) is 0 Å². The zero-order valence-electron chi connectivity index (χ0n) is 15.3. The minimum Gasteiger partial charge on any atom is -0.460 e. The predicted molar refractivity (Wildman–Crippen MR) is 101 cm³/mol. The van der Waals surface area contributed by atoms with Crippen LogP contribution >= 0.6 is 11.6 Å². The molecule has 0 unspecified atom stereocenters. The maximum atomic E-state index is 13.1. The Labute approximate surface area is 162 Å². The van der Waals surface area contributed by atoms with Crippen LogP contribution in [0.25, 0.3) is 11.3 Å². The second kappa shape index (κ2) is 7.02. The monoisotopic (exact) mass is 388 g/mol. The predicted octanol–water partition coefficient (Wildman–Crippen LogP) is 2.98. The summed E-state index contributed by atoms with van der Waals surface area (Å²) in [5, 5.41) is 0.572. The molecule has 0 radical (unpaired) electrons. The number of nitrogens with zero attached hydrogens (tertiary/aromatic N) is 2. The number of likely N-dealkylation sites (N-methyl/N-ethyl adjacent to an activating group) is 1. The molecule has 2 aliphatic heterocycles. The summed E-state index contributed by atoms with van der Waals surface area (Å²) in [5.41, 5.74) is 1.26. The third-order valence-electron chi connectivity index (χ3n) is 5.35. The lowest BCUT2D eigenvalue weighted by Gasteiger charge is -2.25. The van der Waals surface area contributed by atoms with E-state index in [1.807, 2.05) is 18.2 Å². The van der Waals surface area contributed by atoms with E-state index in [-0.39, 0.29) is 24.0 Å². The SMILES string of the molecule is Cc1oc(-c2ccccc2Cl)cc1C(=O)N1C[C@@H]2OCCC(=O)N(C)[C@H]2C1. The Morgan fingerprint density at radius 1 is 1.26 bits per heavy atom. The molecule has 4 rings (SSSR count). The first kappa shape index (κ1) is 18.1. The van der Waals surface area contributed by atoms with Crippen LogP contribution in [0.5, 0.6) is 0 Å². The Hall–Kier alpha value is -2.31. The van der Waals surface area contributed by atoms with Crippen LogP contribution in [0.2, 0.25) is 5.02 Å². The Morgan fingerprint density at radius 2 is 2.04 bits per heavy atom. The van der Waals surface area contributed by atoms with E-state index in [4.69, 9.17) is 20.8 Å². The quantitative estimate of drug-likeness (QED) is 0.793. The summed E-state index contributed by atoms with van der Waals surface area (Å²) in [7, 11) is 1.78. The van der Waals surface area contributed by atoms with E-state index in [9.17, 15) is 9.59 Å². The molecule has 7 heteroatoms. The molecule has 2 aromatic rings. The highest BCUT2D eigenvalue weighted by atomic mass is 35.5. The molecule has 142 valence electrons. The summed E-state index contributed by atoms with van der Waals surface area (Å²) in [6, 6.07) is 8.99. The molecular weight excluding hydrogens is 368 g/mol. The molecule has 2 saturated heterocycles. The fourth-order valence-electron chi connectivity index (χ4n) is 3.78. The number of hydrogen-bond donors (Lipinski definition) is 0. The van der Waals surface area contributed by atoms with E-state index in [1.165, 1.54) is 0 Å². The average Bonchev–Trinajstić information content (AvgIpc) is 3.21. The van der Waals surface area contributed by atoms with Gasteiger partial charge in [-0.2, -0.15) is 0 Å². The zero-order valence-corrected chi connectivity index (χ0v) is 16.0. The van der Waals surface area contributed by atoms with Crippen molar-refractivity contribution in [2.75, 3.05) is 26.7 Å². The van der Waals surface area contributed by atoms with E-state index in [0.29, 0.717) is 48.2 Å². The van der Waals surface area contributed by atoms with E-state index < -0.39 is 0 Å². The van der Waals surface area contributed by atoms with Crippen molar-refractivity contribution in [3.63, 3.8) is 0 Å². The number of benzene rings is 1. The van der Waals surface area contributed by atoms with Gasteiger partial charge >= 0.3 is 0 Å². The molecule has 1 aromatic heterocycles. The average molecular weight is 389 g/mol. The highest BCUT2D eigenvalue weighted by Crippen LogP contribution is 2.32. The smallest absolute Gasteiger partial charge is 0.257 e. The van der Waals surface area contributed by atoms with Gasteiger partial charge in [-0.25, -0.2) is 0 Å². The first-order chi connectivity index (χ1) is 13.0. The third kappa shape index (κ3) is 3.24. The summed E-state index contributed by atoms with van der Waals surface area (Å²) in [5.74, 6) is 1.05. The fraction of sp³-hybridized carbons (Fsp3) is 0.400. The lowest BCUT2D eigenvalue weighted by atomic mass is 10.1. The van der Waals surface area contributed by atoms with Gasteiger partial charge in [0.05, 0.1) is 35.8 Å². The van der Waals surface area contributed by atoms with E-state index in [0.717, 1.165) is 5.56 Å². The Morgan fingerprint density at radius 3 is 2.81 bits per heavy atom. The van der Waals surface area contributed by atoms with Gasteiger partial charge in [-0.3, -0.25) is 9.59 Å². The first-order valence-electron chi connectivity index (χ1n) is 8.97. The number of amides is 2. The fourth-order valence-corrected chi connectivity index (χ4v) is 4.00. The summed E-state index contributed by atoms with van der Waals surface area (Å²) < 4.78 is 11.6. The molecule has 2 atom stereocenters. The second-order valence-corrected chi connectivity index (χ2v) is 7.41. The van der Waals surface area contributed by atoms with Gasteiger partial charge in [0, 0.05) is 25.7 Å². The summed E-state index contributed by atoms with van der Waals surface area (Å²) in [4.78, 5) is 28.6. The number of ether oxygens (including phenoxy) is 1. The van der Waals surface area contributed by atoms with Crippen LogP contribution in [-0.2, 0) is 9.53 Å². The lowest BCUT2D eigenvalue weighted by molar-refractivity contribution is -0.131. The van der Waals surface area contributed by atoms with Crippen molar-refractivity contribution >= 4 is 23.4 Å². The zero-order chi connectivity index (χ0) is 19.1. The minimum absolute atomic E-state index is 0.0531. The largest absolute Gasteiger partial charge is 0.460 e. The van der Waals surface area contributed by atoms with Crippen molar-refractivity contribution in [2.24, 2.45) is 0 Å². The number of carbonyl (C=O) groups excluding carboxylic acids is 2. The van der Waals surface area contributed by atoms with Crippen molar-refractivity contribution in [1.29, 1.82) is 0 Å². The van der Waals surface area contributed by atoms with Gasteiger partial charge < -0.3 is 19.0 Å². The van der Waals surface area contributed by atoms with Crippen LogP contribution in [0.1, 0.15) is 22.5 Å². The molecular formula is C20H21ClN2O4. The molecule has 0 aliphatic carbocycles. The van der Waals surface area contributed by atoms with Crippen molar-refractivity contribution in [3.05, 3.63) is 46.7 Å². The highest BCUT2D eigenvalue weighted by molar-refractivity contribution is 6.33. The minimum atomic E-state index is -0.152. The number of fused-ring (bicyclic) bond motifs is 1. The summed E-state index contributed by atoms with van der Waals surface area (Å²) in [6.07, 6.45) is 0.236. The van der Waals surface area contributed by atoms with Gasteiger partial charge in [-0.1, -0.05) is 23.7 Å². The number of halogens is 1. The van der Waals surface area contributed by atoms with Crippen LogP contribution < -0.4 is 0 Å². The van der Waals surface area contributed by atoms with Crippen LogP contribution in [-0.4, -0.2) is 60.5 Å². The maximum Gasteiger partial charge on any atom is 0.257 e. The van der Waals surface area contributed by atoms with Crippen LogP contribution in [0.3, 0.4) is 0 Å². The molecule has 2 aliphatic rings. The Balaban J connectivity index is 1.57. The molecule has 27 heavy (non-hydrogen) atoms. The molecule has 2 fully saturated rings. The van der Waals surface area contributed by atoms with Crippen molar-refractivity contribution in [2.45, 2.75) is 25.5 Å². The molecule has 0 saturated carbocycles. The summed E-state index contributed by atoms with van der Waals surface area (Å²) in [6.45, 7) is 3.09. The Bertz CT molecular complexity index is 894. The summed E-state index contributed by atoms with van der Waals surface area (Å²) >= 11 is 6.25. The number of furan rings is 1. The number of carbonyl (C=O) groups is 2. The molecule has 3 heterocycles. The maximum absolute atomic E-state index is 13.1. The topological polar surface area (TPSA) is 63.0 Å². The molecule has 2 amide bonds. The van der Waals surface area contributed by atoms with Gasteiger partial charge in [0.15, 0.2) is 0 Å². The van der Waals surface area contributed by atoms with E-state index in [2.05, 4.69) is 0 Å². The van der Waals surface area contributed by atoms with Crippen LogP contribution in [0.4, 0.5) is 0 Å². The third-order valence-corrected chi connectivity index (χ3v) is 5.68. The number of hydrogen-bond acceptors (Lipinski definition) is 4. The van der Waals surface area contributed by atoms with E-state index >= 15 is 0 Å². The molecule has 6 nitrogen and oxygen atoms in total. The lowest BCUT2D eigenvalue weighted by Crippen LogP contribution is -2.43. The van der Waals surface area contributed by atoms with Crippen molar-refractivity contribution in [3.8, 4) is 11.3 Å². The van der Waals surface area contributed by atoms with Crippen LogP contribution in [0, 0.1) is 6.92 Å². The van der Waals surface area contributed by atoms with Crippen molar-refractivity contribution in [1.82, 2.24) is 9.80 Å². The van der Waals surface area contributed by atoms with Gasteiger partial charge in [0.1, 0.15) is 11.5 Å². The number of aryl methyl sites for hydroxylation is 1. The van der Waals surface area contributed by atoms with Gasteiger partial charge in [0.2, 0.25) is 5.91 Å². The van der Waals surface area contributed by atoms with Crippen LogP contribution in [0.15, 0.2) is 34.7 Å². The van der Waals surface area contributed by atoms with Crippen molar-refractivity contribution < 1.29 is 18.7 Å². The molecule has 1 aromatic carbocycles. The molecule has 0 N–H and O–H groups in total. The number of rotatable bonds is 2. The second-order valence-electron chi connectivity index (χ2n) is 7.00. The standard InChI is InChI=1S/C20H21ClN2O4/c1-12-14(9-17(27-12)13-5-3-4-6-15(13)21)20(25)23-10-16-18(11-23)26-8-7-19(24)22(16)2/h3-6,9,16,18H,7-8,10-11H2,1-2H3/t16-,18-/m0/s1. The van der Waals surface area contributed by atoms with E-state index in [1.54, 1.807) is 35.9 Å². The normalized spacial score (nSPS) is 22.7. The van der Waals surface area contributed by atoms with Gasteiger partial charge in [-0.05, 0) is 25.1 Å². The number of likely N-dealkylation sites (tertiary alicyclic amines) is 1. The molecule has 0 spiro atoms. The first-order valence-corrected chi connectivity index (χ1v) is 9.35.